The molecule has 7 nitrogen and oxygen atoms in total. The van der Waals surface area contributed by atoms with Gasteiger partial charge in [-0.2, -0.15) is 0 Å². The number of rotatable bonds is 8. The number of methoxy groups -OCH3 is 3. The van der Waals surface area contributed by atoms with Crippen LogP contribution in [-0.4, -0.2) is 33.1 Å². The Labute approximate surface area is 158 Å². The highest BCUT2D eigenvalue weighted by Crippen LogP contribution is 2.38. The van der Waals surface area contributed by atoms with Crippen LogP contribution in [0, 0.1) is 0 Å². The van der Waals surface area contributed by atoms with Crippen LogP contribution in [0.2, 0.25) is 0 Å². The number of hydrazine groups is 1. The third kappa shape index (κ3) is 5.91. The van der Waals surface area contributed by atoms with Gasteiger partial charge in [0, 0.05) is 6.42 Å². The second-order valence-corrected chi connectivity index (χ2v) is 5.79. The summed E-state index contributed by atoms with van der Waals surface area (Å²) in [5, 5.41) is 0. The first-order valence-electron chi connectivity index (χ1n) is 8.47. The zero-order valence-corrected chi connectivity index (χ0v) is 15.7. The topological polar surface area (TPSA) is 85.9 Å². The van der Waals surface area contributed by atoms with Crippen LogP contribution >= 0.6 is 0 Å². The fourth-order valence-corrected chi connectivity index (χ4v) is 2.56. The summed E-state index contributed by atoms with van der Waals surface area (Å²) in [7, 11) is 4.61. The van der Waals surface area contributed by atoms with E-state index in [2.05, 4.69) is 10.9 Å². The van der Waals surface area contributed by atoms with Crippen LogP contribution in [0.1, 0.15) is 17.5 Å². The number of hydrogen-bond donors (Lipinski definition) is 2. The normalized spacial score (nSPS) is 10.0. The van der Waals surface area contributed by atoms with Crippen LogP contribution in [0.15, 0.2) is 42.5 Å². The lowest BCUT2D eigenvalue weighted by Gasteiger charge is -2.14. The molecule has 144 valence electrons. The summed E-state index contributed by atoms with van der Waals surface area (Å²) in [5.41, 5.74) is 6.58. The van der Waals surface area contributed by atoms with E-state index in [4.69, 9.17) is 14.2 Å². The van der Waals surface area contributed by atoms with Crippen molar-refractivity contribution in [2.24, 2.45) is 0 Å². The minimum absolute atomic E-state index is 0.199. The Morgan fingerprint density at radius 3 is 1.96 bits per heavy atom. The molecule has 2 amide bonds. The second kappa shape index (κ2) is 10.1. The van der Waals surface area contributed by atoms with Crippen LogP contribution in [-0.2, 0) is 22.4 Å². The Hall–Kier alpha value is -3.22. The average molecular weight is 372 g/mol. The molecule has 0 radical (unpaired) electrons. The number of nitrogens with one attached hydrogen (secondary N) is 2. The number of benzene rings is 2. The molecule has 2 aromatic carbocycles. The number of carbonyl (C=O) groups excluding carboxylic acids is 2. The van der Waals surface area contributed by atoms with Gasteiger partial charge in [0.25, 0.3) is 0 Å². The first kappa shape index (κ1) is 20.1. The van der Waals surface area contributed by atoms with Crippen LogP contribution < -0.4 is 25.1 Å². The molecule has 2 rings (SSSR count). The predicted molar refractivity (Wildman–Crippen MR) is 101 cm³/mol. The molecular weight excluding hydrogens is 348 g/mol. The highest BCUT2D eigenvalue weighted by molar-refractivity contribution is 5.83. The molecule has 0 atom stereocenters. The molecule has 0 aliphatic carbocycles. The maximum Gasteiger partial charge on any atom is 0.242 e. The molecule has 0 aliphatic rings. The van der Waals surface area contributed by atoms with E-state index in [-0.39, 0.29) is 24.7 Å². The van der Waals surface area contributed by atoms with E-state index in [9.17, 15) is 9.59 Å². The molecule has 0 saturated heterocycles. The predicted octanol–water partition coefficient (Wildman–Crippen LogP) is 2.04. The van der Waals surface area contributed by atoms with Crippen molar-refractivity contribution >= 4 is 11.8 Å². The van der Waals surface area contributed by atoms with E-state index in [0.717, 1.165) is 11.1 Å². The van der Waals surface area contributed by atoms with Crippen LogP contribution in [0.5, 0.6) is 17.2 Å². The van der Waals surface area contributed by atoms with E-state index < -0.39 is 0 Å². The maximum absolute atomic E-state index is 12.0. The number of amides is 2. The van der Waals surface area contributed by atoms with Gasteiger partial charge in [0.05, 0.1) is 27.8 Å². The lowest BCUT2D eigenvalue weighted by molar-refractivity contribution is -0.128. The maximum atomic E-state index is 12.0. The molecule has 0 unspecified atom stereocenters. The van der Waals surface area contributed by atoms with Crippen molar-refractivity contribution in [2.45, 2.75) is 19.3 Å². The first-order valence-corrected chi connectivity index (χ1v) is 8.47. The zero-order valence-electron chi connectivity index (χ0n) is 15.7. The molecule has 7 heteroatoms. The lowest BCUT2D eigenvalue weighted by atomic mass is 10.1. The minimum atomic E-state index is -0.287. The molecule has 0 bridgehead atoms. The molecule has 0 aromatic heterocycles. The lowest BCUT2D eigenvalue weighted by Crippen LogP contribution is -2.42. The van der Waals surface area contributed by atoms with Crippen LogP contribution in [0.25, 0.3) is 0 Å². The Morgan fingerprint density at radius 1 is 0.815 bits per heavy atom. The molecule has 2 N–H and O–H groups in total. The van der Waals surface area contributed by atoms with Gasteiger partial charge in [-0.3, -0.25) is 20.4 Å². The van der Waals surface area contributed by atoms with Crippen molar-refractivity contribution in [3.63, 3.8) is 0 Å². The summed E-state index contributed by atoms with van der Waals surface area (Å²) in [6.45, 7) is 0. The monoisotopic (exact) mass is 372 g/mol. The van der Waals surface area contributed by atoms with E-state index >= 15 is 0 Å². The molecule has 0 spiro atoms. The van der Waals surface area contributed by atoms with Crippen LogP contribution in [0.4, 0.5) is 0 Å². The molecular formula is C20H24N2O5. The smallest absolute Gasteiger partial charge is 0.242 e. The molecule has 0 fully saturated rings. The third-order valence-corrected chi connectivity index (χ3v) is 3.91. The highest BCUT2D eigenvalue weighted by Gasteiger charge is 2.14. The Balaban J connectivity index is 1.85. The van der Waals surface area contributed by atoms with Gasteiger partial charge in [0.1, 0.15) is 0 Å². The van der Waals surface area contributed by atoms with Gasteiger partial charge in [-0.25, -0.2) is 0 Å². The number of ether oxygens (including phenoxy) is 3. The Kier molecular flexibility index (Phi) is 7.49. The van der Waals surface area contributed by atoms with E-state index in [1.54, 1.807) is 12.1 Å². The third-order valence-electron chi connectivity index (χ3n) is 3.91. The summed E-state index contributed by atoms with van der Waals surface area (Å²) >= 11 is 0. The summed E-state index contributed by atoms with van der Waals surface area (Å²) in [6.07, 6.45) is 0.857. The van der Waals surface area contributed by atoms with Crippen molar-refractivity contribution < 1.29 is 23.8 Å². The fourth-order valence-electron chi connectivity index (χ4n) is 2.56. The van der Waals surface area contributed by atoms with Gasteiger partial charge in [-0.1, -0.05) is 30.3 Å². The highest BCUT2D eigenvalue weighted by atomic mass is 16.5. The second-order valence-electron chi connectivity index (χ2n) is 5.79. The largest absolute Gasteiger partial charge is 0.493 e. The van der Waals surface area contributed by atoms with Gasteiger partial charge in [0.2, 0.25) is 17.6 Å². The quantitative estimate of drug-likeness (QED) is 0.693. The Morgan fingerprint density at radius 2 is 1.41 bits per heavy atom. The van der Waals surface area contributed by atoms with Gasteiger partial charge in [-0.05, 0) is 29.7 Å². The number of aryl methyl sites for hydroxylation is 1. The zero-order chi connectivity index (χ0) is 19.6. The van der Waals surface area contributed by atoms with E-state index in [1.807, 2.05) is 30.3 Å². The average Bonchev–Trinajstić information content (AvgIpc) is 2.70. The molecule has 0 heterocycles. The van der Waals surface area contributed by atoms with Gasteiger partial charge < -0.3 is 14.2 Å². The van der Waals surface area contributed by atoms with Crippen LogP contribution in [0.3, 0.4) is 0 Å². The molecule has 0 aliphatic heterocycles. The summed E-state index contributed by atoms with van der Waals surface area (Å²) in [5.74, 6) is 1.00. The van der Waals surface area contributed by atoms with Crippen molar-refractivity contribution in [1.29, 1.82) is 0 Å². The Bertz CT molecular complexity index is 752. The minimum Gasteiger partial charge on any atom is -0.493 e. The van der Waals surface area contributed by atoms with Gasteiger partial charge >= 0.3 is 0 Å². The van der Waals surface area contributed by atoms with Crippen molar-refractivity contribution in [3.8, 4) is 17.2 Å². The fraction of sp³-hybridized carbons (Fsp3) is 0.300. The van der Waals surface area contributed by atoms with Gasteiger partial charge in [0.15, 0.2) is 11.5 Å². The number of hydrogen-bond acceptors (Lipinski definition) is 5. The first-order chi connectivity index (χ1) is 13.1. The molecule has 2 aromatic rings. The number of carbonyl (C=O) groups is 2. The van der Waals surface area contributed by atoms with E-state index in [1.165, 1.54) is 21.3 Å². The van der Waals surface area contributed by atoms with Gasteiger partial charge in [-0.15, -0.1) is 0 Å². The summed E-state index contributed by atoms with van der Waals surface area (Å²) in [4.78, 5) is 23.8. The van der Waals surface area contributed by atoms with Crippen molar-refractivity contribution in [2.75, 3.05) is 21.3 Å². The molecule has 27 heavy (non-hydrogen) atoms. The summed E-state index contributed by atoms with van der Waals surface area (Å²) < 4.78 is 15.9. The summed E-state index contributed by atoms with van der Waals surface area (Å²) in [6, 6.07) is 12.9. The SMILES string of the molecule is COc1cc(CCC(=O)NNC(=O)Cc2ccccc2)cc(OC)c1OC. The standard InChI is InChI=1S/C20H24N2O5/c1-25-16-11-15(12-17(26-2)20(16)27-3)9-10-18(23)21-22-19(24)13-14-7-5-4-6-8-14/h4-8,11-12H,9-10,13H2,1-3H3,(H,21,23)(H,22,24). The van der Waals surface area contributed by atoms with Crippen molar-refractivity contribution in [3.05, 3.63) is 53.6 Å². The van der Waals surface area contributed by atoms with Crippen molar-refractivity contribution in [1.82, 2.24) is 10.9 Å². The van der Waals surface area contributed by atoms with E-state index in [0.29, 0.717) is 23.7 Å². The molecule has 0 saturated carbocycles.